The molecule has 18 heavy (non-hydrogen) atoms. The standard InChI is InChI=1S/C15H20N2O/c1-15(2)7-5-12(6-8-15)18-14-4-3-11(10-16)9-13(14)17/h3-4,9,12H,5-8,17H2,1-2H3. The molecule has 0 radical (unpaired) electrons. The lowest BCUT2D eigenvalue weighted by Gasteiger charge is -2.34. The molecule has 1 saturated carbocycles. The first kappa shape index (κ1) is 12.8. The highest BCUT2D eigenvalue weighted by molar-refractivity contribution is 5.56. The van der Waals surface area contributed by atoms with Crippen molar-refractivity contribution in [1.29, 1.82) is 5.26 Å². The lowest BCUT2D eigenvalue weighted by atomic mass is 9.76. The maximum atomic E-state index is 8.79. The van der Waals surface area contributed by atoms with Gasteiger partial charge in [-0.2, -0.15) is 5.26 Å². The maximum absolute atomic E-state index is 8.79. The highest BCUT2D eigenvalue weighted by atomic mass is 16.5. The topological polar surface area (TPSA) is 59.0 Å². The van der Waals surface area contributed by atoms with Crippen molar-refractivity contribution < 1.29 is 4.74 Å². The third-order valence-electron chi connectivity index (χ3n) is 3.72. The predicted octanol–water partition coefficient (Wildman–Crippen LogP) is 3.49. The number of anilines is 1. The molecule has 0 amide bonds. The van der Waals surface area contributed by atoms with E-state index in [4.69, 9.17) is 15.7 Å². The molecular formula is C15H20N2O. The van der Waals surface area contributed by atoms with Gasteiger partial charge in [0.2, 0.25) is 0 Å². The van der Waals surface area contributed by atoms with Gasteiger partial charge < -0.3 is 10.5 Å². The van der Waals surface area contributed by atoms with Gasteiger partial charge >= 0.3 is 0 Å². The second kappa shape index (κ2) is 4.89. The first-order valence-corrected chi connectivity index (χ1v) is 6.46. The first-order valence-electron chi connectivity index (χ1n) is 6.46. The molecule has 2 N–H and O–H groups in total. The molecule has 1 aromatic rings. The van der Waals surface area contributed by atoms with Crippen LogP contribution in [0.2, 0.25) is 0 Å². The molecule has 0 bridgehead atoms. The number of nitriles is 1. The third-order valence-corrected chi connectivity index (χ3v) is 3.72. The molecular weight excluding hydrogens is 224 g/mol. The average molecular weight is 244 g/mol. The van der Waals surface area contributed by atoms with Gasteiger partial charge in [0, 0.05) is 0 Å². The van der Waals surface area contributed by atoms with Gasteiger partial charge in [0.15, 0.2) is 0 Å². The molecule has 0 spiro atoms. The van der Waals surface area contributed by atoms with Crippen molar-refractivity contribution in [3.8, 4) is 11.8 Å². The van der Waals surface area contributed by atoms with E-state index in [1.807, 2.05) is 0 Å². The second-order valence-electron chi connectivity index (χ2n) is 5.85. The number of nitrogens with zero attached hydrogens (tertiary/aromatic N) is 1. The van der Waals surface area contributed by atoms with Crippen LogP contribution in [-0.2, 0) is 0 Å². The third kappa shape index (κ3) is 2.95. The van der Waals surface area contributed by atoms with E-state index in [1.165, 1.54) is 12.8 Å². The predicted molar refractivity (Wildman–Crippen MR) is 72.2 cm³/mol. The van der Waals surface area contributed by atoms with E-state index in [2.05, 4.69) is 19.9 Å². The van der Waals surface area contributed by atoms with E-state index in [9.17, 15) is 0 Å². The fourth-order valence-corrected chi connectivity index (χ4v) is 2.40. The lowest BCUT2D eigenvalue weighted by molar-refractivity contribution is 0.0994. The van der Waals surface area contributed by atoms with Crippen LogP contribution in [-0.4, -0.2) is 6.10 Å². The zero-order chi connectivity index (χ0) is 13.2. The number of ether oxygens (including phenoxy) is 1. The molecule has 1 aromatic carbocycles. The molecule has 1 fully saturated rings. The Morgan fingerprint density at radius 2 is 2.00 bits per heavy atom. The molecule has 0 heterocycles. The summed E-state index contributed by atoms with van der Waals surface area (Å²) >= 11 is 0. The van der Waals surface area contributed by atoms with Crippen LogP contribution in [0.25, 0.3) is 0 Å². The van der Waals surface area contributed by atoms with E-state index in [0.29, 0.717) is 22.4 Å². The maximum Gasteiger partial charge on any atom is 0.142 e. The molecule has 0 unspecified atom stereocenters. The minimum atomic E-state index is 0.258. The van der Waals surface area contributed by atoms with Crippen LogP contribution >= 0.6 is 0 Å². The summed E-state index contributed by atoms with van der Waals surface area (Å²) in [6, 6.07) is 7.29. The Labute approximate surface area is 109 Å². The largest absolute Gasteiger partial charge is 0.488 e. The van der Waals surface area contributed by atoms with E-state index >= 15 is 0 Å². The Morgan fingerprint density at radius 3 is 2.56 bits per heavy atom. The zero-order valence-corrected chi connectivity index (χ0v) is 11.1. The van der Waals surface area contributed by atoms with Crippen LogP contribution in [0.15, 0.2) is 18.2 Å². The monoisotopic (exact) mass is 244 g/mol. The molecule has 3 heteroatoms. The summed E-state index contributed by atoms with van der Waals surface area (Å²) in [5.41, 5.74) is 7.46. The van der Waals surface area contributed by atoms with Gasteiger partial charge in [-0.25, -0.2) is 0 Å². The summed E-state index contributed by atoms with van der Waals surface area (Å²) in [4.78, 5) is 0. The summed E-state index contributed by atoms with van der Waals surface area (Å²) in [5, 5.41) is 8.79. The summed E-state index contributed by atoms with van der Waals surface area (Å²) in [7, 11) is 0. The highest BCUT2D eigenvalue weighted by Crippen LogP contribution is 2.37. The molecule has 2 rings (SSSR count). The Hall–Kier alpha value is -1.69. The Bertz CT molecular complexity index is 464. The highest BCUT2D eigenvalue weighted by Gasteiger charge is 2.28. The van der Waals surface area contributed by atoms with Crippen LogP contribution in [0.1, 0.15) is 45.1 Å². The summed E-state index contributed by atoms with van der Waals surface area (Å²) in [6.07, 6.45) is 4.79. The number of hydrogen-bond acceptors (Lipinski definition) is 3. The van der Waals surface area contributed by atoms with Gasteiger partial charge in [-0.3, -0.25) is 0 Å². The summed E-state index contributed by atoms with van der Waals surface area (Å²) < 4.78 is 5.94. The van der Waals surface area contributed by atoms with Gasteiger partial charge in [0.05, 0.1) is 23.4 Å². The number of benzene rings is 1. The first-order chi connectivity index (χ1) is 8.50. The van der Waals surface area contributed by atoms with Gasteiger partial charge in [-0.05, 0) is 49.3 Å². The Morgan fingerprint density at radius 1 is 1.33 bits per heavy atom. The van der Waals surface area contributed by atoms with Crippen molar-refractivity contribution in [3.05, 3.63) is 23.8 Å². The fraction of sp³-hybridized carbons (Fsp3) is 0.533. The van der Waals surface area contributed by atoms with Crippen LogP contribution in [0.4, 0.5) is 5.69 Å². The second-order valence-corrected chi connectivity index (χ2v) is 5.85. The minimum absolute atomic E-state index is 0.258. The average Bonchev–Trinajstić information content (AvgIpc) is 2.34. The fourth-order valence-electron chi connectivity index (χ4n) is 2.40. The van der Waals surface area contributed by atoms with Crippen LogP contribution in [0.5, 0.6) is 5.75 Å². The zero-order valence-electron chi connectivity index (χ0n) is 11.1. The van der Waals surface area contributed by atoms with E-state index in [-0.39, 0.29) is 6.10 Å². The number of rotatable bonds is 2. The Kier molecular flexibility index (Phi) is 3.47. The number of hydrogen-bond donors (Lipinski definition) is 1. The Balaban J connectivity index is 2.01. The quantitative estimate of drug-likeness (QED) is 0.810. The van der Waals surface area contributed by atoms with E-state index in [0.717, 1.165) is 12.8 Å². The van der Waals surface area contributed by atoms with Crippen LogP contribution in [0.3, 0.4) is 0 Å². The van der Waals surface area contributed by atoms with Gasteiger partial charge in [0.1, 0.15) is 5.75 Å². The molecule has 1 aliphatic rings. The SMILES string of the molecule is CC1(C)CCC(Oc2ccc(C#N)cc2N)CC1. The normalized spacial score (nSPS) is 19.2. The number of nitrogens with two attached hydrogens (primary N) is 1. The number of nitrogen functional groups attached to an aromatic ring is 1. The van der Waals surface area contributed by atoms with Crippen molar-refractivity contribution in [2.75, 3.05) is 5.73 Å². The molecule has 0 aromatic heterocycles. The molecule has 3 nitrogen and oxygen atoms in total. The van der Waals surface area contributed by atoms with Crippen molar-refractivity contribution in [1.82, 2.24) is 0 Å². The minimum Gasteiger partial charge on any atom is -0.488 e. The molecule has 1 aliphatic carbocycles. The van der Waals surface area contributed by atoms with E-state index in [1.54, 1.807) is 18.2 Å². The molecule has 0 saturated heterocycles. The smallest absolute Gasteiger partial charge is 0.142 e. The molecule has 96 valence electrons. The van der Waals surface area contributed by atoms with Gasteiger partial charge in [-0.15, -0.1) is 0 Å². The molecule has 0 aliphatic heterocycles. The van der Waals surface area contributed by atoms with E-state index < -0.39 is 0 Å². The lowest BCUT2D eigenvalue weighted by Crippen LogP contribution is -2.28. The van der Waals surface area contributed by atoms with Gasteiger partial charge in [0.25, 0.3) is 0 Å². The van der Waals surface area contributed by atoms with Crippen LogP contribution < -0.4 is 10.5 Å². The van der Waals surface area contributed by atoms with Gasteiger partial charge in [-0.1, -0.05) is 13.8 Å². The van der Waals surface area contributed by atoms with Crippen molar-refractivity contribution in [3.63, 3.8) is 0 Å². The molecule has 0 atom stereocenters. The van der Waals surface area contributed by atoms with Crippen molar-refractivity contribution in [2.24, 2.45) is 5.41 Å². The summed E-state index contributed by atoms with van der Waals surface area (Å²) in [6.45, 7) is 4.61. The van der Waals surface area contributed by atoms with Crippen molar-refractivity contribution in [2.45, 2.75) is 45.6 Å². The van der Waals surface area contributed by atoms with Crippen molar-refractivity contribution >= 4 is 5.69 Å². The summed E-state index contributed by atoms with van der Waals surface area (Å²) in [5.74, 6) is 0.707. The van der Waals surface area contributed by atoms with Crippen LogP contribution in [0, 0.1) is 16.7 Å².